The van der Waals surface area contributed by atoms with Crippen molar-refractivity contribution in [1.82, 2.24) is 5.32 Å². The molecule has 0 fully saturated rings. The molecule has 0 unspecified atom stereocenters. The Morgan fingerprint density at radius 3 is 2.58 bits per heavy atom. The first-order valence-electron chi connectivity index (χ1n) is 6.42. The molecular weight excluding hydrogens is 242 g/mol. The van der Waals surface area contributed by atoms with E-state index in [1.54, 1.807) is 0 Å². The number of carbonyl (C=O) groups is 2. The minimum absolute atomic E-state index is 0.304. The number of hydrogen-bond donors (Lipinski definition) is 3. The molecule has 0 aliphatic carbocycles. The van der Waals surface area contributed by atoms with E-state index >= 15 is 0 Å². The Hall–Kier alpha value is -1.72. The Labute approximate surface area is 113 Å². The smallest absolute Gasteiger partial charge is 0.237 e. The Morgan fingerprint density at radius 1 is 1.32 bits per heavy atom. The van der Waals surface area contributed by atoms with Crippen molar-refractivity contribution in [2.24, 2.45) is 11.5 Å². The van der Waals surface area contributed by atoms with Crippen molar-refractivity contribution >= 4 is 12.2 Å². The summed E-state index contributed by atoms with van der Waals surface area (Å²) in [6, 6.07) is 8.37. The van der Waals surface area contributed by atoms with Crippen LogP contribution < -0.4 is 16.8 Å². The number of aldehydes is 1. The highest BCUT2D eigenvalue weighted by atomic mass is 16.2. The number of carbonyl (C=O) groups excluding carboxylic acids is 2. The Balaban J connectivity index is 2.48. The highest BCUT2D eigenvalue weighted by Crippen LogP contribution is 2.02. The van der Waals surface area contributed by atoms with Gasteiger partial charge in [0.15, 0.2) is 0 Å². The summed E-state index contributed by atoms with van der Waals surface area (Å²) in [7, 11) is 0. The van der Waals surface area contributed by atoms with Gasteiger partial charge in [0.05, 0.1) is 12.1 Å². The molecule has 1 rings (SSSR count). The monoisotopic (exact) mass is 263 g/mol. The van der Waals surface area contributed by atoms with E-state index in [0.717, 1.165) is 11.8 Å². The third-order valence-electron chi connectivity index (χ3n) is 2.85. The molecule has 1 aromatic carbocycles. The Morgan fingerprint density at radius 2 is 2.00 bits per heavy atom. The molecule has 104 valence electrons. The van der Waals surface area contributed by atoms with Crippen LogP contribution in [0.1, 0.15) is 18.4 Å². The zero-order valence-electron chi connectivity index (χ0n) is 10.9. The molecule has 0 radical (unpaired) electrons. The second-order valence-electron chi connectivity index (χ2n) is 4.48. The van der Waals surface area contributed by atoms with Gasteiger partial charge >= 0.3 is 0 Å². The number of rotatable bonds is 8. The van der Waals surface area contributed by atoms with Crippen LogP contribution in [0.3, 0.4) is 0 Å². The Bertz CT molecular complexity index is 395. The second kappa shape index (κ2) is 8.39. The molecule has 2 atom stereocenters. The van der Waals surface area contributed by atoms with Gasteiger partial charge in [0.1, 0.15) is 6.29 Å². The van der Waals surface area contributed by atoms with Gasteiger partial charge in [-0.05, 0) is 31.4 Å². The van der Waals surface area contributed by atoms with Gasteiger partial charge in [-0.2, -0.15) is 0 Å². The van der Waals surface area contributed by atoms with Crippen LogP contribution in [0.15, 0.2) is 30.3 Å². The van der Waals surface area contributed by atoms with Crippen molar-refractivity contribution in [1.29, 1.82) is 0 Å². The maximum atomic E-state index is 11.8. The van der Waals surface area contributed by atoms with E-state index in [1.807, 2.05) is 30.3 Å². The molecule has 19 heavy (non-hydrogen) atoms. The molecule has 5 nitrogen and oxygen atoms in total. The lowest BCUT2D eigenvalue weighted by molar-refractivity contribution is -0.125. The van der Waals surface area contributed by atoms with E-state index < -0.39 is 12.1 Å². The summed E-state index contributed by atoms with van der Waals surface area (Å²) in [6.45, 7) is 0.502. The minimum Gasteiger partial charge on any atom is -0.345 e. The molecule has 0 aliphatic rings. The van der Waals surface area contributed by atoms with Crippen molar-refractivity contribution in [3.63, 3.8) is 0 Å². The standard InChI is InChI=1S/C14H21N3O2/c15-8-4-7-13(16)14(19)17-12(10-18)9-11-5-2-1-3-6-11/h1-3,5-6,10,12-13H,4,7-9,15-16H2,(H,17,19)/t12-,13-/m1/s1. The van der Waals surface area contributed by atoms with Gasteiger partial charge in [-0.15, -0.1) is 0 Å². The number of nitrogens with one attached hydrogen (secondary N) is 1. The molecule has 0 saturated carbocycles. The highest BCUT2D eigenvalue weighted by molar-refractivity contribution is 5.84. The maximum Gasteiger partial charge on any atom is 0.237 e. The zero-order chi connectivity index (χ0) is 14.1. The van der Waals surface area contributed by atoms with E-state index in [2.05, 4.69) is 5.32 Å². The van der Waals surface area contributed by atoms with Crippen molar-refractivity contribution in [2.75, 3.05) is 6.54 Å². The summed E-state index contributed by atoms with van der Waals surface area (Å²) >= 11 is 0. The van der Waals surface area contributed by atoms with Crippen molar-refractivity contribution in [2.45, 2.75) is 31.3 Å². The summed E-state index contributed by atoms with van der Waals surface area (Å²) in [5.74, 6) is -0.304. The number of benzene rings is 1. The summed E-state index contributed by atoms with van der Waals surface area (Å²) in [6.07, 6.45) is 2.43. The van der Waals surface area contributed by atoms with E-state index in [4.69, 9.17) is 11.5 Å². The van der Waals surface area contributed by atoms with E-state index in [9.17, 15) is 9.59 Å². The summed E-state index contributed by atoms with van der Waals surface area (Å²) in [5.41, 5.74) is 12.1. The van der Waals surface area contributed by atoms with Crippen LogP contribution in [0.2, 0.25) is 0 Å². The summed E-state index contributed by atoms with van der Waals surface area (Å²) in [5, 5.41) is 2.65. The van der Waals surface area contributed by atoms with Gasteiger partial charge in [-0.1, -0.05) is 30.3 Å². The second-order valence-corrected chi connectivity index (χ2v) is 4.48. The van der Waals surface area contributed by atoms with Gasteiger partial charge in [-0.25, -0.2) is 0 Å². The van der Waals surface area contributed by atoms with Crippen molar-refractivity contribution in [3.8, 4) is 0 Å². The van der Waals surface area contributed by atoms with Crippen LogP contribution in [0.25, 0.3) is 0 Å². The molecule has 5 N–H and O–H groups in total. The lowest BCUT2D eigenvalue weighted by Gasteiger charge is -2.16. The molecule has 0 bridgehead atoms. The van der Waals surface area contributed by atoms with Crippen LogP contribution in [0, 0.1) is 0 Å². The first-order valence-corrected chi connectivity index (χ1v) is 6.42. The first kappa shape index (κ1) is 15.3. The van der Waals surface area contributed by atoms with Gasteiger partial charge < -0.3 is 21.6 Å². The van der Waals surface area contributed by atoms with Crippen LogP contribution in [-0.2, 0) is 16.0 Å². The molecule has 0 aromatic heterocycles. The summed E-state index contributed by atoms with van der Waals surface area (Å²) < 4.78 is 0. The molecule has 0 saturated heterocycles. The fourth-order valence-electron chi connectivity index (χ4n) is 1.76. The molecule has 1 aromatic rings. The largest absolute Gasteiger partial charge is 0.345 e. The van der Waals surface area contributed by atoms with Gasteiger partial charge in [0.2, 0.25) is 5.91 Å². The highest BCUT2D eigenvalue weighted by Gasteiger charge is 2.17. The van der Waals surface area contributed by atoms with E-state index in [0.29, 0.717) is 25.8 Å². The number of hydrogen-bond acceptors (Lipinski definition) is 4. The molecule has 0 aliphatic heterocycles. The molecular formula is C14H21N3O2. The number of nitrogens with two attached hydrogens (primary N) is 2. The topological polar surface area (TPSA) is 98.2 Å². The van der Waals surface area contributed by atoms with Gasteiger partial charge in [-0.3, -0.25) is 4.79 Å². The van der Waals surface area contributed by atoms with E-state index in [-0.39, 0.29) is 5.91 Å². The molecule has 1 amide bonds. The van der Waals surface area contributed by atoms with Gasteiger partial charge in [0, 0.05) is 0 Å². The number of amides is 1. The fourth-order valence-corrected chi connectivity index (χ4v) is 1.76. The predicted octanol–water partition coefficient (Wildman–Crippen LogP) is -0.0210. The van der Waals surface area contributed by atoms with Crippen molar-refractivity contribution < 1.29 is 9.59 Å². The third kappa shape index (κ3) is 5.63. The summed E-state index contributed by atoms with van der Waals surface area (Å²) in [4.78, 5) is 22.8. The quantitative estimate of drug-likeness (QED) is 0.574. The Kier molecular flexibility index (Phi) is 6.78. The molecule has 0 spiro atoms. The lowest BCUT2D eigenvalue weighted by Crippen LogP contribution is -2.46. The van der Waals surface area contributed by atoms with Gasteiger partial charge in [0.25, 0.3) is 0 Å². The SMILES string of the molecule is NCCC[C@@H](N)C(=O)N[C@@H](C=O)Cc1ccccc1. The van der Waals surface area contributed by atoms with Crippen molar-refractivity contribution in [3.05, 3.63) is 35.9 Å². The van der Waals surface area contributed by atoms with E-state index in [1.165, 1.54) is 0 Å². The minimum atomic E-state index is -0.609. The molecule has 0 heterocycles. The average Bonchev–Trinajstić information content (AvgIpc) is 2.44. The lowest BCUT2D eigenvalue weighted by atomic mass is 10.1. The van der Waals surface area contributed by atoms with Crippen LogP contribution in [-0.4, -0.2) is 30.8 Å². The van der Waals surface area contributed by atoms with Crippen LogP contribution in [0.5, 0.6) is 0 Å². The normalized spacial score (nSPS) is 13.6. The molecule has 5 heteroatoms. The van der Waals surface area contributed by atoms with Crippen LogP contribution >= 0.6 is 0 Å². The first-order chi connectivity index (χ1) is 9.17. The fraction of sp³-hybridized carbons (Fsp3) is 0.429. The van der Waals surface area contributed by atoms with Crippen LogP contribution in [0.4, 0.5) is 0 Å². The zero-order valence-corrected chi connectivity index (χ0v) is 10.9. The average molecular weight is 263 g/mol. The predicted molar refractivity (Wildman–Crippen MR) is 74.4 cm³/mol. The third-order valence-corrected chi connectivity index (χ3v) is 2.85. The maximum absolute atomic E-state index is 11.8.